The Morgan fingerprint density at radius 1 is 0.917 bits per heavy atom. The van der Waals surface area contributed by atoms with E-state index in [0.29, 0.717) is 12.0 Å². The molecule has 11 heteroatoms. The summed E-state index contributed by atoms with van der Waals surface area (Å²) in [5.41, 5.74) is -0.695. The van der Waals surface area contributed by atoms with Crippen LogP contribution in [0.3, 0.4) is 0 Å². The minimum Gasteiger partial charge on any atom is -0.444 e. The van der Waals surface area contributed by atoms with Crippen molar-refractivity contribution in [2.75, 3.05) is 5.32 Å². The van der Waals surface area contributed by atoms with E-state index in [1.807, 2.05) is 0 Å². The zero-order valence-corrected chi connectivity index (χ0v) is 21.6. The van der Waals surface area contributed by atoms with Crippen LogP contribution in [0.4, 0.5) is 15.3 Å². The summed E-state index contributed by atoms with van der Waals surface area (Å²) in [5, 5.41) is 5.31. The van der Waals surface area contributed by atoms with Crippen molar-refractivity contribution in [3.8, 4) is 5.75 Å². The van der Waals surface area contributed by atoms with Gasteiger partial charge in [0.05, 0.1) is 10.6 Å². The zero-order valence-electron chi connectivity index (χ0n) is 20.8. The second-order valence-corrected chi connectivity index (χ2v) is 9.87. The third-order valence-corrected chi connectivity index (χ3v) is 4.24. The van der Waals surface area contributed by atoms with Gasteiger partial charge in [0.25, 0.3) is 0 Å². The number of hydrogen-bond acceptors (Lipinski definition) is 7. The van der Waals surface area contributed by atoms with E-state index < -0.39 is 29.4 Å². The molecular weight excluding hydrogens is 490 g/mol. The molecule has 36 heavy (non-hydrogen) atoms. The number of ether oxygens (including phenoxy) is 3. The summed E-state index contributed by atoms with van der Waals surface area (Å²) in [4.78, 5) is 51.5. The maximum absolute atomic E-state index is 12.5. The average molecular weight is 518 g/mol. The minimum absolute atomic E-state index is 0.157. The van der Waals surface area contributed by atoms with Gasteiger partial charge in [0.15, 0.2) is 6.29 Å². The van der Waals surface area contributed by atoms with Crippen molar-refractivity contribution in [2.45, 2.75) is 52.7 Å². The van der Waals surface area contributed by atoms with Crippen LogP contribution in [0.2, 0.25) is 5.02 Å². The molecule has 0 fully saturated rings. The highest BCUT2D eigenvalue weighted by molar-refractivity contribution is 6.33. The predicted octanol–water partition coefficient (Wildman–Crippen LogP) is 5.60. The molecule has 2 aromatic carbocycles. The number of guanidine groups is 1. The molecule has 0 aliphatic heterocycles. The van der Waals surface area contributed by atoms with Crippen LogP contribution in [-0.4, -0.2) is 41.6 Å². The van der Waals surface area contributed by atoms with Crippen molar-refractivity contribution in [1.29, 1.82) is 0 Å². The second-order valence-electron chi connectivity index (χ2n) is 9.46. The van der Waals surface area contributed by atoms with Crippen LogP contribution >= 0.6 is 11.6 Å². The molecule has 0 spiro atoms. The van der Waals surface area contributed by atoms with Gasteiger partial charge in [-0.15, -0.1) is 4.99 Å². The Morgan fingerprint density at radius 3 is 2.06 bits per heavy atom. The molecule has 0 heterocycles. The number of carbonyl (C=O) groups is 4. The predicted molar refractivity (Wildman–Crippen MR) is 135 cm³/mol. The number of esters is 1. The van der Waals surface area contributed by atoms with Crippen LogP contribution < -0.4 is 15.4 Å². The number of amides is 2. The number of rotatable bonds is 4. The van der Waals surface area contributed by atoms with E-state index in [-0.39, 0.29) is 27.9 Å². The number of benzene rings is 2. The van der Waals surface area contributed by atoms with Crippen LogP contribution in [0.25, 0.3) is 0 Å². The average Bonchev–Trinajstić information content (AvgIpc) is 2.71. The van der Waals surface area contributed by atoms with E-state index in [9.17, 15) is 19.2 Å². The van der Waals surface area contributed by atoms with Crippen molar-refractivity contribution < 1.29 is 33.4 Å². The third-order valence-electron chi connectivity index (χ3n) is 3.91. The van der Waals surface area contributed by atoms with E-state index in [4.69, 9.17) is 25.8 Å². The first-order chi connectivity index (χ1) is 16.6. The molecule has 2 aromatic rings. The lowest BCUT2D eigenvalue weighted by molar-refractivity contribution is 0.0561. The first-order valence-corrected chi connectivity index (χ1v) is 11.2. The number of anilines is 1. The van der Waals surface area contributed by atoms with Gasteiger partial charge in [0.1, 0.15) is 17.0 Å². The number of carbonyl (C=O) groups excluding carboxylic acids is 4. The highest BCUT2D eigenvalue weighted by Gasteiger charge is 2.20. The van der Waals surface area contributed by atoms with Crippen LogP contribution in [0.1, 0.15) is 62.3 Å². The Hall–Kier alpha value is -3.92. The highest BCUT2D eigenvalue weighted by Crippen LogP contribution is 2.22. The fourth-order valence-corrected chi connectivity index (χ4v) is 2.74. The Kier molecular flexibility index (Phi) is 9.18. The molecule has 2 amide bonds. The van der Waals surface area contributed by atoms with Crippen molar-refractivity contribution >= 4 is 47.7 Å². The molecule has 0 saturated carbocycles. The van der Waals surface area contributed by atoms with E-state index in [1.54, 1.807) is 41.5 Å². The molecule has 10 nitrogen and oxygen atoms in total. The largest absolute Gasteiger partial charge is 0.444 e. The monoisotopic (exact) mass is 517 g/mol. The van der Waals surface area contributed by atoms with Gasteiger partial charge in [0, 0.05) is 17.3 Å². The summed E-state index contributed by atoms with van der Waals surface area (Å²) in [6.07, 6.45) is -1.17. The molecule has 0 radical (unpaired) electrons. The lowest BCUT2D eigenvalue weighted by Crippen LogP contribution is -2.40. The standard InChI is InChI=1S/C25H28ClN3O7/c1-24(2,3)35-22(32)28-21(29-23(33)36-25(4,5)6)27-17-10-7-15(8-11-17)20(31)34-18-12-9-16(14-30)19(26)13-18/h7-14H,1-6H3,(H2,27,28,29,32,33). The van der Waals surface area contributed by atoms with Crippen molar-refractivity contribution in [3.05, 3.63) is 58.6 Å². The first-order valence-electron chi connectivity index (χ1n) is 10.8. The van der Waals surface area contributed by atoms with Gasteiger partial charge in [-0.3, -0.25) is 10.1 Å². The normalized spacial score (nSPS) is 11.8. The Balaban J connectivity index is 2.16. The van der Waals surface area contributed by atoms with Crippen molar-refractivity contribution in [1.82, 2.24) is 5.32 Å². The van der Waals surface area contributed by atoms with Gasteiger partial charge < -0.3 is 19.5 Å². The Labute approximate surface area is 214 Å². The Bertz CT molecular complexity index is 1160. The van der Waals surface area contributed by atoms with Gasteiger partial charge in [-0.05, 0) is 77.9 Å². The quantitative estimate of drug-likeness (QED) is 0.176. The van der Waals surface area contributed by atoms with Gasteiger partial charge in [-0.25, -0.2) is 14.4 Å². The maximum atomic E-state index is 12.5. The summed E-state index contributed by atoms with van der Waals surface area (Å²) in [7, 11) is 0. The fraction of sp³-hybridized carbons (Fsp3) is 0.320. The van der Waals surface area contributed by atoms with Crippen LogP contribution in [0, 0.1) is 0 Å². The molecule has 2 N–H and O–H groups in total. The summed E-state index contributed by atoms with van der Waals surface area (Å²) in [6, 6.07) is 10.2. The first kappa shape index (κ1) is 28.3. The molecule has 0 bridgehead atoms. The van der Waals surface area contributed by atoms with Crippen LogP contribution in [0.15, 0.2) is 47.5 Å². The number of alkyl carbamates (subject to hydrolysis) is 1. The molecule has 0 aliphatic carbocycles. The van der Waals surface area contributed by atoms with Crippen molar-refractivity contribution in [2.24, 2.45) is 4.99 Å². The molecule has 0 unspecified atom stereocenters. The van der Waals surface area contributed by atoms with Gasteiger partial charge in [-0.1, -0.05) is 11.6 Å². The lowest BCUT2D eigenvalue weighted by atomic mass is 10.2. The molecular formula is C25H28ClN3O7. The van der Waals surface area contributed by atoms with Gasteiger partial charge >= 0.3 is 18.2 Å². The van der Waals surface area contributed by atoms with Gasteiger partial charge in [0.2, 0.25) is 5.96 Å². The molecule has 192 valence electrons. The summed E-state index contributed by atoms with van der Waals surface area (Å²) in [6.45, 7) is 10.1. The fourth-order valence-electron chi connectivity index (χ4n) is 2.52. The number of aliphatic imine (C=N–C) groups is 1. The molecule has 0 aliphatic rings. The zero-order chi connectivity index (χ0) is 27.1. The third kappa shape index (κ3) is 9.75. The smallest absolute Gasteiger partial charge is 0.437 e. The van der Waals surface area contributed by atoms with Gasteiger partial charge in [-0.2, -0.15) is 0 Å². The Morgan fingerprint density at radius 2 is 1.53 bits per heavy atom. The number of hydrogen-bond donors (Lipinski definition) is 2. The van der Waals surface area contributed by atoms with E-state index in [0.717, 1.165) is 0 Å². The highest BCUT2D eigenvalue weighted by atomic mass is 35.5. The summed E-state index contributed by atoms with van der Waals surface area (Å²) in [5.74, 6) is -0.726. The number of aldehydes is 1. The summed E-state index contributed by atoms with van der Waals surface area (Å²) < 4.78 is 15.7. The maximum Gasteiger partial charge on any atom is 0.437 e. The van der Waals surface area contributed by atoms with E-state index in [2.05, 4.69) is 15.6 Å². The number of nitrogens with one attached hydrogen (secondary N) is 2. The van der Waals surface area contributed by atoms with Crippen molar-refractivity contribution in [3.63, 3.8) is 0 Å². The summed E-state index contributed by atoms with van der Waals surface area (Å²) >= 11 is 5.96. The van der Waals surface area contributed by atoms with Crippen LogP contribution in [-0.2, 0) is 9.47 Å². The van der Waals surface area contributed by atoms with E-state index >= 15 is 0 Å². The lowest BCUT2D eigenvalue weighted by Gasteiger charge is -2.21. The van der Waals surface area contributed by atoms with Crippen LogP contribution in [0.5, 0.6) is 5.75 Å². The molecule has 0 aromatic heterocycles. The topological polar surface area (TPSA) is 132 Å². The SMILES string of the molecule is CC(C)(C)OC(=O)/N=C(/NC(=O)OC(C)(C)C)Nc1ccc(C(=O)Oc2ccc(C=O)c(Cl)c2)cc1. The number of nitrogens with zero attached hydrogens (tertiary/aromatic N) is 1. The molecule has 0 saturated heterocycles. The van der Waals surface area contributed by atoms with E-state index in [1.165, 1.54) is 42.5 Å². The molecule has 0 atom stereocenters. The second kappa shape index (κ2) is 11.7. The number of halogens is 1. The molecule has 2 rings (SSSR count). The minimum atomic E-state index is -0.930.